The highest BCUT2D eigenvalue weighted by molar-refractivity contribution is 5.98. The number of rotatable bonds is 7. The number of fused-ring (bicyclic) bond motifs is 1. The number of halogens is 1. The first-order chi connectivity index (χ1) is 22.6. The van der Waals surface area contributed by atoms with Gasteiger partial charge in [-0.15, -0.1) is 0 Å². The Morgan fingerprint density at radius 2 is 1.65 bits per heavy atom. The van der Waals surface area contributed by atoms with E-state index in [1.165, 1.54) is 12.1 Å². The minimum Gasteiger partial charge on any atom is -0.476 e. The monoisotopic (exact) mass is 669 g/mol. The molecule has 2 amide bonds. The second kappa shape index (κ2) is 14.4. The molecule has 3 aliphatic heterocycles. The number of pyridine rings is 1. The SMILES string of the molecule is C[C@@H]1CN(CC(=O)N2c3cc(Cc4ccc(F)cc4)c(C(=O)O)nc3OC[C@@H]2C)[C@@H](CN2[C@H](C)COC[C@H]2C)CN1C(=O)OC(C)(C)C. The number of hydrogen-bond donors (Lipinski definition) is 1. The highest BCUT2D eigenvalue weighted by Crippen LogP contribution is 2.35. The number of amides is 2. The summed E-state index contributed by atoms with van der Waals surface area (Å²) in [4.78, 5) is 52.1. The smallest absolute Gasteiger partial charge is 0.410 e. The largest absolute Gasteiger partial charge is 0.476 e. The fourth-order valence-corrected chi connectivity index (χ4v) is 6.78. The van der Waals surface area contributed by atoms with E-state index >= 15 is 0 Å². The standard InChI is InChI=1S/C35H48FN5O7/c1-21-14-38(28(15-39-22(2)18-46-19-23(39)3)16-40(21)34(45)48-35(5,6)7)17-30(42)41-24(4)20-47-32-29(41)13-26(31(37-32)33(43)44)12-25-8-10-27(36)11-9-25/h8-11,13,21-24,28H,12,14-20H2,1-7H3,(H,43,44)/t21-,22-,23-,24+,28+/m1/s1. The molecule has 0 unspecified atom stereocenters. The molecule has 0 spiro atoms. The van der Waals surface area contributed by atoms with Crippen molar-refractivity contribution in [3.63, 3.8) is 0 Å². The Balaban J connectivity index is 1.43. The molecular weight excluding hydrogens is 621 g/mol. The highest BCUT2D eigenvalue weighted by atomic mass is 19.1. The van der Waals surface area contributed by atoms with Gasteiger partial charge in [-0.1, -0.05) is 12.1 Å². The van der Waals surface area contributed by atoms with Gasteiger partial charge in [0.05, 0.1) is 25.8 Å². The molecule has 12 nitrogen and oxygen atoms in total. The van der Waals surface area contributed by atoms with Crippen LogP contribution in [0, 0.1) is 5.82 Å². The highest BCUT2D eigenvalue weighted by Gasteiger charge is 2.41. The number of carbonyl (C=O) groups excluding carboxylic acids is 2. The summed E-state index contributed by atoms with van der Waals surface area (Å²) in [7, 11) is 0. The van der Waals surface area contributed by atoms with Crippen molar-refractivity contribution >= 4 is 23.7 Å². The van der Waals surface area contributed by atoms with Crippen molar-refractivity contribution in [3.8, 4) is 5.88 Å². The van der Waals surface area contributed by atoms with E-state index < -0.39 is 17.4 Å². The summed E-state index contributed by atoms with van der Waals surface area (Å²) in [6, 6.07) is 7.09. The first kappa shape index (κ1) is 35.5. The number of aromatic carboxylic acids is 1. The van der Waals surface area contributed by atoms with Crippen LogP contribution in [0.25, 0.3) is 0 Å². The number of benzene rings is 1. The van der Waals surface area contributed by atoms with Crippen LogP contribution < -0.4 is 9.64 Å². The van der Waals surface area contributed by atoms with Crippen molar-refractivity contribution in [1.29, 1.82) is 0 Å². The third-order valence-electron chi connectivity index (χ3n) is 9.18. The molecule has 3 aliphatic rings. The van der Waals surface area contributed by atoms with Crippen molar-refractivity contribution in [2.75, 3.05) is 50.9 Å². The third-order valence-corrected chi connectivity index (χ3v) is 9.18. The summed E-state index contributed by atoms with van der Waals surface area (Å²) in [6.07, 6.45) is -0.195. The zero-order valence-electron chi connectivity index (χ0n) is 28.9. The van der Waals surface area contributed by atoms with Crippen LogP contribution in [0.2, 0.25) is 0 Å². The van der Waals surface area contributed by atoms with Crippen molar-refractivity contribution < 1.29 is 38.1 Å². The molecule has 13 heteroatoms. The van der Waals surface area contributed by atoms with Gasteiger partial charge in [0.25, 0.3) is 0 Å². The number of ether oxygens (including phenoxy) is 3. The molecule has 2 fully saturated rings. The van der Waals surface area contributed by atoms with Gasteiger partial charge in [-0.05, 0) is 84.2 Å². The van der Waals surface area contributed by atoms with E-state index in [-0.39, 0.29) is 73.4 Å². The van der Waals surface area contributed by atoms with Gasteiger partial charge < -0.3 is 29.1 Å². The van der Waals surface area contributed by atoms with E-state index in [9.17, 15) is 23.9 Å². The van der Waals surface area contributed by atoms with E-state index in [0.717, 1.165) is 0 Å². The van der Waals surface area contributed by atoms with Gasteiger partial charge in [0.2, 0.25) is 11.8 Å². The summed E-state index contributed by atoms with van der Waals surface area (Å²) in [5, 5.41) is 9.97. The maximum atomic E-state index is 14.3. The number of carbonyl (C=O) groups is 3. The van der Waals surface area contributed by atoms with Crippen LogP contribution in [0.15, 0.2) is 30.3 Å². The number of hydrogen-bond acceptors (Lipinski definition) is 9. The van der Waals surface area contributed by atoms with E-state index in [1.807, 2.05) is 34.6 Å². The molecule has 0 aliphatic carbocycles. The predicted molar refractivity (Wildman–Crippen MR) is 177 cm³/mol. The van der Waals surface area contributed by atoms with E-state index in [2.05, 4.69) is 28.6 Å². The molecule has 1 N–H and O–H groups in total. The maximum Gasteiger partial charge on any atom is 0.410 e. The Kier molecular flexibility index (Phi) is 10.6. The number of piperazine rings is 1. The Bertz CT molecular complexity index is 1490. The Hall–Kier alpha value is -3.81. The number of aromatic nitrogens is 1. The van der Waals surface area contributed by atoms with E-state index in [4.69, 9.17) is 14.2 Å². The van der Waals surface area contributed by atoms with Crippen LogP contribution in [0.4, 0.5) is 14.9 Å². The molecule has 0 saturated carbocycles. The van der Waals surface area contributed by atoms with Gasteiger partial charge in [0.15, 0.2) is 5.69 Å². The van der Waals surface area contributed by atoms with Crippen molar-refractivity contribution in [3.05, 3.63) is 53.0 Å². The number of morpholine rings is 1. The quantitative estimate of drug-likeness (QED) is 0.462. The average molecular weight is 670 g/mol. The average Bonchev–Trinajstić information content (AvgIpc) is 2.99. The topological polar surface area (TPSA) is 125 Å². The second-order valence-corrected chi connectivity index (χ2v) is 14.3. The molecule has 262 valence electrons. The molecular formula is C35H48FN5O7. The summed E-state index contributed by atoms with van der Waals surface area (Å²) < 4.78 is 30.9. The van der Waals surface area contributed by atoms with Gasteiger partial charge in [0, 0.05) is 43.8 Å². The van der Waals surface area contributed by atoms with Crippen LogP contribution in [0.5, 0.6) is 5.88 Å². The number of carboxylic acids is 1. The van der Waals surface area contributed by atoms with Crippen LogP contribution in [-0.2, 0) is 20.7 Å². The first-order valence-electron chi connectivity index (χ1n) is 16.6. The lowest BCUT2D eigenvalue weighted by molar-refractivity contribution is -0.123. The molecule has 1 aromatic heterocycles. The molecule has 0 radical (unpaired) electrons. The first-order valence-corrected chi connectivity index (χ1v) is 16.6. The minimum atomic E-state index is -1.22. The van der Waals surface area contributed by atoms with Crippen molar-refractivity contribution in [2.24, 2.45) is 0 Å². The van der Waals surface area contributed by atoms with Crippen LogP contribution in [0.1, 0.15) is 70.1 Å². The van der Waals surface area contributed by atoms with Crippen LogP contribution >= 0.6 is 0 Å². The molecule has 2 aromatic rings. The van der Waals surface area contributed by atoms with Crippen molar-refractivity contribution in [1.82, 2.24) is 19.7 Å². The zero-order valence-corrected chi connectivity index (χ0v) is 28.9. The summed E-state index contributed by atoms with van der Waals surface area (Å²) in [5.41, 5.74) is 0.663. The number of anilines is 1. The molecule has 1 aromatic carbocycles. The van der Waals surface area contributed by atoms with Gasteiger partial charge in [-0.2, -0.15) is 0 Å². The maximum absolute atomic E-state index is 14.3. The van der Waals surface area contributed by atoms with Gasteiger partial charge >= 0.3 is 12.1 Å². The lowest BCUT2D eigenvalue weighted by atomic mass is 10.0. The predicted octanol–water partition coefficient (Wildman–Crippen LogP) is 4.04. The Morgan fingerprint density at radius 3 is 2.27 bits per heavy atom. The Morgan fingerprint density at radius 1 is 0.979 bits per heavy atom. The summed E-state index contributed by atoms with van der Waals surface area (Å²) in [6.45, 7) is 16.5. The van der Waals surface area contributed by atoms with Gasteiger partial charge in [-0.3, -0.25) is 14.6 Å². The third kappa shape index (κ3) is 8.07. The molecule has 2 saturated heterocycles. The summed E-state index contributed by atoms with van der Waals surface area (Å²) >= 11 is 0. The van der Waals surface area contributed by atoms with Gasteiger partial charge in [-0.25, -0.2) is 19.0 Å². The normalized spacial score (nSPS) is 25.3. The van der Waals surface area contributed by atoms with Crippen LogP contribution in [0.3, 0.4) is 0 Å². The number of nitrogens with zero attached hydrogens (tertiary/aromatic N) is 5. The number of carboxylic acid groups (broad SMARTS) is 1. The lowest BCUT2D eigenvalue weighted by Gasteiger charge is -2.49. The second-order valence-electron chi connectivity index (χ2n) is 14.3. The van der Waals surface area contributed by atoms with Gasteiger partial charge in [0.1, 0.15) is 23.7 Å². The Labute approximate surface area is 281 Å². The molecule has 4 heterocycles. The van der Waals surface area contributed by atoms with Crippen molar-refractivity contribution in [2.45, 2.75) is 90.7 Å². The molecule has 5 atom stereocenters. The summed E-state index contributed by atoms with van der Waals surface area (Å²) in [5.74, 6) is -1.72. The minimum absolute atomic E-state index is 0.0715. The van der Waals surface area contributed by atoms with E-state index in [1.54, 1.807) is 28.0 Å². The fourth-order valence-electron chi connectivity index (χ4n) is 6.78. The van der Waals surface area contributed by atoms with E-state index in [0.29, 0.717) is 49.7 Å². The molecule has 0 bridgehead atoms. The molecule has 48 heavy (non-hydrogen) atoms. The molecule has 5 rings (SSSR count). The zero-order chi connectivity index (χ0) is 34.9. The van der Waals surface area contributed by atoms with Crippen LogP contribution in [-0.4, -0.2) is 125 Å². The fraction of sp³-hybridized carbons (Fsp3) is 0.600. The lowest BCUT2D eigenvalue weighted by Crippen LogP contribution is -2.65.